The highest BCUT2D eigenvalue weighted by atomic mass is 16.6. The number of aromatic nitrogens is 4. The third-order valence-electron chi connectivity index (χ3n) is 5.71. The van der Waals surface area contributed by atoms with Gasteiger partial charge >= 0.3 is 5.97 Å². The molecule has 0 bridgehead atoms. The predicted molar refractivity (Wildman–Crippen MR) is 118 cm³/mol. The zero-order valence-corrected chi connectivity index (χ0v) is 17.3. The van der Waals surface area contributed by atoms with E-state index in [4.69, 9.17) is 15.5 Å². The third kappa shape index (κ3) is 3.40. The fourth-order valence-electron chi connectivity index (χ4n) is 4.13. The number of fused-ring (bicyclic) bond motifs is 2. The molecule has 0 saturated carbocycles. The maximum atomic E-state index is 11.0. The Morgan fingerprint density at radius 2 is 1.97 bits per heavy atom. The van der Waals surface area contributed by atoms with Crippen LogP contribution < -0.4 is 11.2 Å². The third-order valence-corrected chi connectivity index (χ3v) is 5.71. The second-order valence-corrected chi connectivity index (χ2v) is 7.68. The number of rotatable bonds is 6. The Bertz CT molecular complexity index is 1350. The summed E-state index contributed by atoms with van der Waals surface area (Å²) in [5, 5.41) is 25.8. The van der Waals surface area contributed by atoms with Crippen LogP contribution in [0.2, 0.25) is 0 Å². The number of hydrazone groups is 1. The first-order valence-corrected chi connectivity index (χ1v) is 10.2. The molecule has 1 aliphatic rings. The van der Waals surface area contributed by atoms with Gasteiger partial charge in [-0.3, -0.25) is 9.48 Å². The number of carbonyl (C=O) groups is 1. The van der Waals surface area contributed by atoms with E-state index in [1.165, 1.54) is 0 Å². The molecule has 2 aromatic heterocycles. The number of nitrogens with two attached hydrogens (primary N) is 1. The zero-order chi connectivity index (χ0) is 22.2. The van der Waals surface area contributed by atoms with Crippen molar-refractivity contribution in [3.63, 3.8) is 0 Å². The molecule has 0 saturated heterocycles. The van der Waals surface area contributed by atoms with Gasteiger partial charge in [-0.2, -0.15) is 10.2 Å². The van der Waals surface area contributed by atoms with Crippen molar-refractivity contribution in [2.24, 2.45) is 17.9 Å². The Kier molecular flexibility index (Phi) is 4.91. The van der Waals surface area contributed by atoms with Gasteiger partial charge in [0.25, 0.3) is 0 Å². The van der Waals surface area contributed by atoms with E-state index in [-0.39, 0.29) is 19.0 Å². The van der Waals surface area contributed by atoms with Crippen molar-refractivity contribution in [2.45, 2.75) is 18.9 Å². The molecule has 0 radical (unpaired) electrons. The highest BCUT2D eigenvalue weighted by Gasteiger charge is 2.24. The molecule has 4 N–H and O–H groups in total. The SMILES string of the molecule is Cn1ncc(-c2ccc3c(c2)C(CN)=NNC3CCC(=O)O)c1-c1ccc2nonc2c1. The molecule has 10 heteroatoms. The number of hydrogen-bond donors (Lipinski definition) is 3. The zero-order valence-electron chi connectivity index (χ0n) is 17.3. The van der Waals surface area contributed by atoms with Gasteiger partial charge in [0.15, 0.2) is 0 Å². The van der Waals surface area contributed by atoms with Gasteiger partial charge in [-0.1, -0.05) is 18.2 Å². The summed E-state index contributed by atoms with van der Waals surface area (Å²) < 4.78 is 6.64. The van der Waals surface area contributed by atoms with E-state index in [1.807, 2.05) is 54.3 Å². The predicted octanol–water partition coefficient (Wildman–Crippen LogP) is 2.46. The molecule has 10 nitrogen and oxygen atoms in total. The number of aryl methyl sites for hydroxylation is 1. The van der Waals surface area contributed by atoms with Crippen LogP contribution in [-0.2, 0) is 11.8 Å². The van der Waals surface area contributed by atoms with Crippen LogP contribution in [0.15, 0.2) is 52.3 Å². The summed E-state index contributed by atoms with van der Waals surface area (Å²) in [6.45, 7) is 0.269. The molecule has 2 aromatic carbocycles. The van der Waals surface area contributed by atoms with Crippen molar-refractivity contribution in [3.8, 4) is 22.4 Å². The molecule has 0 spiro atoms. The number of aliphatic carboxylic acids is 1. The average molecular weight is 431 g/mol. The minimum atomic E-state index is -0.835. The van der Waals surface area contributed by atoms with Crippen LogP contribution in [0, 0.1) is 0 Å². The van der Waals surface area contributed by atoms with Gasteiger partial charge in [0, 0.05) is 36.7 Å². The molecule has 0 aliphatic carbocycles. The molecular weight excluding hydrogens is 410 g/mol. The Hall–Kier alpha value is -4.05. The van der Waals surface area contributed by atoms with E-state index in [2.05, 4.69) is 25.9 Å². The van der Waals surface area contributed by atoms with Crippen LogP contribution in [0.1, 0.15) is 30.0 Å². The minimum Gasteiger partial charge on any atom is -0.481 e. The van der Waals surface area contributed by atoms with Gasteiger partial charge in [0.05, 0.1) is 23.6 Å². The number of benzene rings is 2. The first-order valence-electron chi connectivity index (χ1n) is 10.2. The van der Waals surface area contributed by atoms with Crippen LogP contribution in [0.3, 0.4) is 0 Å². The molecule has 0 fully saturated rings. The molecule has 1 atom stereocenters. The van der Waals surface area contributed by atoms with Crippen LogP contribution >= 0.6 is 0 Å². The minimum absolute atomic E-state index is 0.0540. The molecule has 4 aromatic rings. The van der Waals surface area contributed by atoms with Gasteiger partial charge in [-0.05, 0) is 46.1 Å². The van der Waals surface area contributed by atoms with E-state index in [0.717, 1.165) is 39.2 Å². The molecule has 5 rings (SSSR count). The second-order valence-electron chi connectivity index (χ2n) is 7.68. The van der Waals surface area contributed by atoms with Crippen molar-refractivity contribution in [3.05, 3.63) is 53.7 Å². The molecular formula is C22H21N7O3. The van der Waals surface area contributed by atoms with E-state index in [0.29, 0.717) is 17.5 Å². The highest BCUT2D eigenvalue weighted by molar-refractivity contribution is 6.05. The van der Waals surface area contributed by atoms with Crippen LogP contribution in [0.4, 0.5) is 0 Å². The van der Waals surface area contributed by atoms with E-state index in [9.17, 15) is 4.79 Å². The molecule has 32 heavy (non-hydrogen) atoms. The van der Waals surface area contributed by atoms with E-state index in [1.54, 1.807) is 0 Å². The lowest BCUT2D eigenvalue weighted by Crippen LogP contribution is -2.30. The number of nitrogens with one attached hydrogen (secondary N) is 1. The molecule has 3 heterocycles. The van der Waals surface area contributed by atoms with Crippen LogP contribution in [0.25, 0.3) is 33.4 Å². The second kappa shape index (κ2) is 7.89. The highest BCUT2D eigenvalue weighted by Crippen LogP contribution is 2.36. The van der Waals surface area contributed by atoms with E-state index < -0.39 is 5.97 Å². The summed E-state index contributed by atoms with van der Waals surface area (Å²) in [7, 11) is 1.89. The van der Waals surface area contributed by atoms with Gasteiger partial charge in [0.1, 0.15) is 11.0 Å². The largest absolute Gasteiger partial charge is 0.481 e. The summed E-state index contributed by atoms with van der Waals surface area (Å²) in [5.41, 5.74) is 16.8. The van der Waals surface area contributed by atoms with Gasteiger partial charge in [-0.15, -0.1) is 0 Å². The molecule has 1 aliphatic heterocycles. The quantitative estimate of drug-likeness (QED) is 0.422. The summed E-state index contributed by atoms with van der Waals surface area (Å²) >= 11 is 0. The summed E-state index contributed by atoms with van der Waals surface area (Å²) in [4.78, 5) is 11.0. The first-order chi connectivity index (χ1) is 15.5. The lowest BCUT2D eigenvalue weighted by molar-refractivity contribution is -0.137. The fraction of sp³-hybridized carbons (Fsp3) is 0.227. The lowest BCUT2D eigenvalue weighted by atomic mass is 9.89. The van der Waals surface area contributed by atoms with Crippen molar-refractivity contribution in [1.29, 1.82) is 0 Å². The standard InChI is InChI=1S/C22H21N7O3/c1-29-22(13-3-5-18-19(9-13)28-32-27-18)16(11-24-29)12-2-4-14-15(8-12)20(10-23)26-25-17(14)6-7-21(30)31/h2-5,8-9,11,17,25H,6-7,10,23H2,1H3,(H,30,31). The molecule has 162 valence electrons. The van der Waals surface area contributed by atoms with Gasteiger partial charge < -0.3 is 16.3 Å². The van der Waals surface area contributed by atoms with Crippen molar-refractivity contribution < 1.29 is 14.5 Å². The maximum absolute atomic E-state index is 11.0. The van der Waals surface area contributed by atoms with Crippen LogP contribution in [0.5, 0.6) is 0 Å². The van der Waals surface area contributed by atoms with Crippen LogP contribution in [-0.4, -0.2) is 43.4 Å². The fourth-order valence-corrected chi connectivity index (χ4v) is 4.13. The maximum Gasteiger partial charge on any atom is 0.303 e. The molecule has 1 unspecified atom stereocenters. The Morgan fingerprint density at radius 1 is 1.16 bits per heavy atom. The Morgan fingerprint density at radius 3 is 2.78 bits per heavy atom. The monoisotopic (exact) mass is 431 g/mol. The Balaban J connectivity index is 1.58. The smallest absolute Gasteiger partial charge is 0.303 e. The summed E-state index contributed by atoms with van der Waals surface area (Å²) in [6, 6.07) is 11.6. The normalized spacial score (nSPS) is 15.3. The average Bonchev–Trinajstić information content (AvgIpc) is 3.42. The number of carboxylic acids is 1. The number of carboxylic acid groups (broad SMARTS) is 1. The topological polar surface area (TPSA) is 144 Å². The van der Waals surface area contributed by atoms with Gasteiger partial charge in [-0.25, -0.2) is 4.63 Å². The van der Waals surface area contributed by atoms with Crippen molar-refractivity contribution in [2.75, 3.05) is 6.54 Å². The molecule has 0 amide bonds. The van der Waals surface area contributed by atoms with Crippen molar-refractivity contribution in [1.82, 2.24) is 25.5 Å². The van der Waals surface area contributed by atoms with E-state index >= 15 is 0 Å². The Labute approximate surface area is 182 Å². The van der Waals surface area contributed by atoms with Crippen molar-refractivity contribution >= 4 is 22.7 Å². The van der Waals surface area contributed by atoms with Gasteiger partial charge in [0.2, 0.25) is 0 Å². The first kappa shape index (κ1) is 19.9. The lowest BCUT2D eigenvalue weighted by Gasteiger charge is -2.26. The number of hydrogen-bond acceptors (Lipinski definition) is 8. The summed E-state index contributed by atoms with van der Waals surface area (Å²) in [5.74, 6) is -0.835. The summed E-state index contributed by atoms with van der Waals surface area (Å²) in [6.07, 6.45) is 2.32. The number of nitrogens with zero attached hydrogens (tertiary/aromatic N) is 5.